The van der Waals surface area contributed by atoms with E-state index >= 15 is 0 Å². The third-order valence-electron chi connectivity index (χ3n) is 16.1. The summed E-state index contributed by atoms with van der Waals surface area (Å²) in [6.07, 6.45) is 0. The van der Waals surface area contributed by atoms with E-state index < -0.39 is 0 Å². The molecule has 0 aromatic heterocycles. The molecule has 0 saturated heterocycles. The minimum Gasteiger partial charge on any atom is -0.457 e. The van der Waals surface area contributed by atoms with Crippen LogP contribution in [0.1, 0.15) is 0 Å². The molecule has 0 unspecified atom stereocenters. The van der Waals surface area contributed by atoms with Crippen molar-refractivity contribution < 1.29 is 4.74 Å². The zero-order valence-electron chi connectivity index (χ0n) is 46.9. The van der Waals surface area contributed by atoms with Gasteiger partial charge in [0.15, 0.2) is 0 Å². The number of hydrogen-bond acceptors (Lipinski definition) is 1. The Balaban J connectivity index is 0.964. The molecule has 0 heterocycles. The number of rotatable bonds is 14. The van der Waals surface area contributed by atoms with E-state index in [4.69, 9.17) is 4.74 Å². The van der Waals surface area contributed by atoms with E-state index in [-0.39, 0.29) is 0 Å². The highest BCUT2D eigenvalue weighted by Crippen LogP contribution is 2.58. The van der Waals surface area contributed by atoms with Crippen molar-refractivity contribution in [2.75, 3.05) is 0 Å². The molecule has 0 bridgehead atoms. The van der Waals surface area contributed by atoms with Crippen LogP contribution in [0, 0.1) is 0 Å². The van der Waals surface area contributed by atoms with Crippen LogP contribution in [0.15, 0.2) is 352 Å². The first-order valence-electron chi connectivity index (χ1n) is 29.2. The van der Waals surface area contributed by atoms with Crippen LogP contribution in [0.3, 0.4) is 0 Å². The third kappa shape index (κ3) is 10.3. The molecule has 14 aromatic rings. The highest BCUT2D eigenvalue weighted by molar-refractivity contribution is 6.17. The highest BCUT2D eigenvalue weighted by atomic mass is 16.5. The first-order chi connectivity index (χ1) is 42.2. The summed E-state index contributed by atoms with van der Waals surface area (Å²) < 4.78 is 6.95. The lowest BCUT2D eigenvalue weighted by Crippen LogP contribution is -2.02. The summed E-state index contributed by atoms with van der Waals surface area (Å²) in [7, 11) is 0. The van der Waals surface area contributed by atoms with Crippen molar-refractivity contribution in [2.45, 2.75) is 0 Å². The highest BCUT2D eigenvalue weighted by Gasteiger charge is 2.31. The van der Waals surface area contributed by atoms with Gasteiger partial charge in [0, 0.05) is 0 Å². The van der Waals surface area contributed by atoms with E-state index in [1.54, 1.807) is 0 Å². The average molecular weight is 1080 g/mol. The van der Waals surface area contributed by atoms with Crippen LogP contribution in [0.4, 0.5) is 0 Å². The van der Waals surface area contributed by atoms with Crippen LogP contribution < -0.4 is 4.74 Å². The lowest BCUT2D eigenvalue weighted by Gasteiger charge is -2.29. The molecule has 0 fully saturated rings. The summed E-state index contributed by atoms with van der Waals surface area (Å²) in [5.41, 5.74) is 27.7. The molecule has 0 spiro atoms. The van der Waals surface area contributed by atoms with Crippen molar-refractivity contribution >= 4 is 0 Å². The Labute approximate surface area is 498 Å². The molecule has 400 valence electrons. The molecule has 0 aliphatic carbocycles. The maximum absolute atomic E-state index is 6.95. The number of ether oxygens (including phenoxy) is 1. The maximum Gasteiger partial charge on any atom is 0.127 e. The van der Waals surface area contributed by atoms with Gasteiger partial charge in [-0.25, -0.2) is 0 Å². The molecule has 1 nitrogen and oxygen atoms in total. The van der Waals surface area contributed by atoms with Gasteiger partial charge in [0.25, 0.3) is 0 Å². The smallest absolute Gasteiger partial charge is 0.127 e. The largest absolute Gasteiger partial charge is 0.457 e. The Hall–Kier alpha value is -11.1. The van der Waals surface area contributed by atoms with Gasteiger partial charge >= 0.3 is 0 Å². The van der Waals surface area contributed by atoms with E-state index in [9.17, 15) is 0 Å². The normalized spacial score (nSPS) is 11.1. The predicted molar refractivity (Wildman–Crippen MR) is 358 cm³/mol. The van der Waals surface area contributed by atoms with Gasteiger partial charge in [-0.2, -0.15) is 0 Å². The minimum absolute atomic E-state index is 0.742. The van der Waals surface area contributed by atoms with Crippen molar-refractivity contribution in [3.8, 4) is 145 Å². The monoisotopic (exact) mass is 1080 g/mol. The van der Waals surface area contributed by atoms with Crippen LogP contribution in [-0.2, 0) is 0 Å². The average Bonchev–Trinajstić information content (AvgIpc) is 1.31. The zero-order valence-corrected chi connectivity index (χ0v) is 46.9. The van der Waals surface area contributed by atoms with Gasteiger partial charge in [-0.3, -0.25) is 0 Å². The topological polar surface area (TPSA) is 9.23 Å². The summed E-state index contributed by atoms with van der Waals surface area (Å²) in [6.45, 7) is 0. The van der Waals surface area contributed by atoms with Crippen molar-refractivity contribution in [2.24, 2.45) is 0 Å². The molecule has 0 saturated carbocycles. The summed E-state index contributed by atoms with van der Waals surface area (Å²) in [4.78, 5) is 0. The van der Waals surface area contributed by atoms with Gasteiger partial charge in [-0.15, -0.1) is 0 Å². The molecule has 85 heavy (non-hydrogen) atoms. The Kier molecular flexibility index (Phi) is 14.5. The molecule has 0 radical (unpaired) electrons. The fourth-order valence-corrected chi connectivity index (χ4v) is 12.5. The fraction of sp³-hybridized carbons (Fsp3) is 0. The lowest BCUT2D eigenvalue weighted by atomic mass is 9.74. The van der Waals surface area contributed by atoms with Gasteiger partial charge in [0.1, 0.15) is 11.5 Å². The van der Waals surface area contributed by atoms with Gasteiger partial charge in [0.05, 0.1) is 0 Å². The summed E-state index contributed by atoms with van der Waals surface area (Å²) in [5.74, 6) is 1.48. The van der Waals surface area contributed by atoms with Crippen LogP contribution in [-0.4, -0.2) is 0 Å². The molecule has 0 atom stereocenters. The van der Waals surface area contributed by atoms with E-state index in [0.717, 1.165) is 89.4 Å². The second-order valence-electron chi connectivity index (χ2n) is 21.3. The first-order valence-corrected chi connectivity index (χ1v) is 29.2. The SMILES string of the molecule is c1ccc(-c2c(-c3ccccc3)c(-c3ccccc3)c(-c3ccc(Oc4ccc(-c5c(-c6ccccc6)c(-c6ccccc6)c(-c6ccccc6)c(-c6ccccc6)c5-c5ccccc5)cc4)cc3)c(-c3ccccc3)c2-c2ccccc2)cc1. The fourth-order valence-electron chi connectivity index (χ4n) is 12.5. The molecule has 0 N–H and O–H groups in total. The Morgan fingerprint density at radius 3 is 0.329 bits per heavy atom. The van der Waals surface area contributed by atoms with E-state index in [2.05, 4.69) is 352 Å². The van der Waals surface area contributed by atoms with Crippen LogP contribution >= 0.6 is 0 Å². The third-order valence-corrected chi connectivity index (χ3v) is 16.1. The van der Waals surface area contributed by atoms with Gasteiger partial charge in [0.2, 0.25) is 0 Å². The maximum atomic E-state index is 6.95. The van der Waals surface area contributed by atoms with Crippen molar-refractivity contribution in [3.63, 3.8) is 0 Å². The summed E-state index contributed by atoms with van der Waals surface area (Å²) in [6, 6.07) is 127. The molecule has 0 aliphatic heterocycles. The zero-order chi connectivity index (χ0) is 56.7. The Morgan fingerprint density at radius 1 is 0.106 bits per heavy atom. The van der Waals surface area contributed by atoms with Crippen molar-refractivity contribution in [1.82, 2.24) is 0 Å². The Bertz CT molecular complexity index is 4030. The molecule has 0 amide bonds. The summed E-state index contributed by atoms with van der Waals surface area (Å²) in [5, 5.41) is 0. The van der Waals surface area contributed by atoms with E-state index in [1.165, 1.54) is 55.6 Å². The molecule has 14 rings (SSSR count). The molecule has 0 aliphatic rings. The van der Waals surface area contributed by atoms with E-state index in [0.29, 0.717) is 0 Å². The number of hydrogen-bond donors (Lipinski definition) is 0. The second-order valence-corrected chi connectivity index (χ2v) is 21.3. The molecule has 1 heteroatoms. The first kappa shape index (κ1) is 52.0. The number of benzene rings is 14. The van der Waals surface area contributed by atoms with Gasteiger partial charge in [-0.05, 0) is 158 Å². The minimum atomic E-state index is 0.742. The predicted octanol–water partition coefficient (Wildman–Crippen LogP) is 23.5. The standard InChI is InChI=1S/C84H58O/c1-11-31-59(32-12-1)73-75(61-35-15-3-16-36-61)79(65-43-23-7-24-44-65)83(80(66-45-25-8-26-46-66)76(73)62-37-17-4-18-38-62)69-51-55-71(56-52-69)85-72-57-53-70(54-58-72)84-81(67-47-27-9-28-48-67)77(63-39-19-5-20-40-63)74(60-33-13-2-14-34-60)78(64-41-21-6-22-42-64)82(84)68-49-29-10-30-50-68/h1-58H. The van der Waals surface area contributed by atoms with Crippen molar-refractivity contribution in [1.29, 1.82) is 0 Å². The van der Waals surface area contributed by atoms with Crippen LogP contribution in [0.2, 0.25) is 0 Å². The quantitative estimate of drug-likeness (QED) is 0.105. The molecular weight excluding hydrogens is 1020 g/mol. The van der Waals surface area contributed by atoms with E-state index in [1.807, 2.05) is 0 Å². The second kappa shape index (κ2) is 23.8. The molecular formula is C84H58O. The molecule has 14 aromatic carbocycles. The Morgan fingerprint density at radius 2 is 0.212 bits per heavy atom. The van der Waals surface area contributed by atoms with Crippen LogP contribution in [0.5, 0.6) is 11.5 Å². The van der Waals surface area contributed by atoms with Crippen LogP contribution in [0.25, 0.3) is 134 Å². The van der Waals surface area contributed by atoms with Gasteiger partial charge in [-0.1, -0.05) is 328 Å². The van der Waals surface area contributed by atoms with Crippen molar-refractivity contribution in [3.05, 3.63) is 352 Å². The summed E-state index contributed by atoms with van der Waals surface area (Å²) >= 11 is 0. The van der Waals surface area contributed by atoms with Gasteiger partial charge < -0.3 is 4.74 Å². The lowest BCUT2D eigenvalue weighted by molar-refractivity contribution is 0.483.